The van der Waals surface area contributed by atoms with E-state index in [1.807, 2.05) is 12.1 Å². The Hall–Kier alpha value is -2.58. The fourth-order valence-corrected chi connectivity index (χ4v) is 2.91. The van der Waals surface area contributed by atoms with Crippen LogP contribution in [0.4, 0.5) is 0 Å². The van der Waals surface area contributed by atoms with Gasteiger partial charge in [0.25, 0.3) is 0 Å². The molecule has 0 saturated heterocycles. The SMILES string of the molecule is COc1cccc(-c2cccc(CN[C@H](C)c3ccc(C)cc3)c2)c1. The molecular formula is C23H25NO. The van der Waals surface area contributed by atoms with Crippen molar-refractivity contribution >= 4 is 0 Å². The molecule has 0 saturated carbocycles. The lowest BCUT2D eigenvalue weighted by molar-refractivity contribution is 0.415. The minimum atomic E-state index is 0.320. The van der Waals surface area contributed by atoms with E-state index in [4.69, 9.17) is 4.74 Å². The van der Waals surface area contributed by atoms with E-state index in [-0.39, 0.29) is 0 Å². The van der Waals surface area contributed by atoms with Crippen molar-refractivity contribution in [3.8, 4) is 16.9 Å². The Balaban J connectivity index is 1.70. The molecule has 128 valence electrons. The maximum atomic E-state index is 5.33. The third-order valence-electron chi connectivity index (χ3n) is 4.52. The average Bonchev–Trinajstić information content (AvgIpc) is 2.67. The van der Waals surface area contributed by atoms with Gasteiger partial charge in [-0.3, -0.25) is 0 Å². The van der Waals surface area contributed by atoms with E-state index in [9.17, 15) is 0 Å². The van der Waals surface area contributed by atoms with Gasteiger partial charge in [0, 0.05) is 12.6 Å². The van der Waals surface area contributed by atoms with E-state index in [0.717, 1.165) is 12.3 Å². The van der Waals surface area contributed by atoms with E-state index in [1.165, 1.54) is 27.8 Å². The molecule has 3 aromatic rings. The van der Waals surface area contributed by atoms with Gasteiger partial charge in [-0.2, -0.15) is 0 Å². The van der Waals surface area contributed by atoms with Crippen LogP contribution in [0, 0.1) is 6.92 Å². The van der Waals surface area contributed by atoms with Crippen LogP contribution in [0.1, 0.15) is 29.7 Å². The lowest BCUT2D eigenvalue weighted by Gasteiger charge is -2.15. The van der Waals surface area contributed by atoms with Gasteiger partial charge < -0.3 is 10.1 Å². The molecule has 0 heterocycles. The Kier molecular flexibility index (Phi) is 5.52. The maximum Gasteiger partial charge on any atom is 0.119 e. The number of ether oxygens (including phenoxy) is 1. The predicted octanol–water partition coefficient (Wildman–Crippen LogP) is 5.52. The van der Waals surface area contributed by atoms with E-state index in [1.54, 1.807) is 7.11 Å². The molecule has 1 atom stereocenters. The largest absolute Gasteiger partial charge is 0.497 e. The van der Waals surface area contributed by atoms with Crippen LogP contribution >= 0.6 is 0 Å². The molecule has 0 aliphatic rings. The summed E-state index contributed by atoms with van der Waals surface area (Å²) in [5, 5.41) is 3.61. The highest BCUT2D eigenvalue weighted by atomic mass is 16.5. The fourth-order valence-electron chi connectivity index (χ4n) is 2.91. The van der Waals surface area contributed by atoms with Crippen molar-refractivity contribution in [3.05, 3.63) is 89.5 Å². The summed E-state index contributed by atoms with van der Waals surface area (Å²) in [5.41, 5.74) is 6.27. The summed E-state index contributed by atoms with van der Waals surface area (Å²) in [7, 11) is 1.70. The van der Waals surface area contributed by atoms with Gasteiger partial charge in [-0.15, -0.1) is 0 Å². The lowest BCUT2D eigenvalue weighted by Crippen LogP contribution is -2.18. The molecule has 3 rings (SSSR count). The van der Waals surface area contributed by atoms with Crippen molar-refractivity contribution in [2.75, 3.05) is 7.11 Å². The highest BCUT2D eigenvalue weighted by Crippen LogP contribution is 2.24. The fraction of sp³-hybridized carbons (Fsp3) is 0.217. The van der Waals surface area contributed by atoms with E-state index in [0.29, 0.717) is 6.04 Å². The first-order chi connectivity index (χ1) is 12.2. The van der Waals surface area contributed by atoms with Gasteiger partial charge in [0.1, 0.15) is 5.75 Å². The molecular weight excluding hydrogens is 306 g/mol. The summed E-state index contributed by atoms with van der Waals surface area (Å²) < 4.78 is 5.33. The predicted molar refractivity (Wildman–Crippen MR) is 105 cm³/mol. The normalized spacial score (nSPS) is 12.0. The van der Waals surface area contributed by atoms with Crippen molar-refractivity contribution in [1.29, 1.82) is 0 Å². The standard InChI is InChI=1S/C23H25NO/c1-17-10-12-20(13-11-17)18(2)24-16-19-6-4-7-21(14-19)22-8-5-9-23(15-22)25-3/h4-15,18,24H,16H2,1-3H3/t18-/m1/s1. The van der Waals surface area contributed by atoms with Crippen LogP contribution in [0.5, 0.6) is 5.75 Å². The number of methoxy groups -OCH3 is 1. The Morgan fingerprint density at radius 3 is 2.28 bits per heavy atom. The Bertz CT molecular complexity index is 824. The molecule has 0 unspecified atom stereocenters. The topological polar surface area (TPSA) is 21.3 Å². The van der Waals surface area contributed by atoms with Crippen LogP contribution in [0.15, 0.2) is 72.8 Å². The summed E-state index contributed by atoms with van der Waals surface area (Å²) in [6, 6.07) is 25.9. The highest BCUT2D eigenvalue weighted by Gasteiger charge is 2.06. The van der Waals surface area contributed by atoms with Crippen LogP contribution in [0.2, 0.25) is 0 Å². The van der Waals surface area contributed by atoms with Crippen LogP contribution in [0.25, 0.3) is 11.1 Å². The summed E-state index contributed by atoms with van der Waals surface area (Å²) >= 11 is 0. The zero-order valence-electron chi connectivity index (χ0n) is 15.1. The van der Waals surface area contributed by atoms with Crippen molar-refractivity contribution in [1.82, 2.24) is 5.32 Å². The summed E-state index contributed by atoms with van der Waals surface area (Å²) in [5.74, 6) is 0.883. The minimum absolute atomic E-state index is 0.320. The van der Waals surface area contributed by atoms with E-state index < -0.39 is 0 Å². The monoisotopic (exact) mass is 331 g/mol. The Labute approximate surface area is 150 Å². The third kappa shape index (κ3) is 4.49. The first-order valence-corrected chi connectivity index (χ1v) is 8.69. The molecule has 0 radical (unpaired) electrons. The molecule has 25 heavy (non-hydrogen) atoms. The smallest absolute Gasteiger partial charge is 0.119 e. The number of hydrogen-bond donors (Lipinski definition) is 1. The van der Waals surface area contributed by atoms with E-state index >= 15 is 0 Å². The van der Waals surface area contributed by atoms with E-state index in [2.05, 4.69) is 79.8 Å². The summed E-state index contributed by atoms with van der Waals surface area (Å²) in [4.78, 5) is 0. The quantitative estimate of drug-likeness (QED) is 0.642. The minimum Gasteiger partial charge on any atom is -0.497 e. The lowest BCUT2D eigenvalue weighted by atomic mass is 10.0. The highest BCUT2D eigenvalue weighted by molar-refractivity contribution is 5.65. The van der Waals surface area contributed by atoms with Gasteiger partial charge in [0.2, 0.25) is 0 Å². The molecule has 0 aromatic heterocycles. The molecule has 2 nitrogen and oxygen atoms in total. The molecule has 0 bridgehead atoms. The number of rotatable bonds is 6. The first kappa shape index (κ1) is 17.2. The van der Waals surface area contributed by atoms with Gasteiger partial charge >= 0.3 is 0 Å². The molecule has 0 amide bonds. The van der Waals surface area contributed by atoms with Crippen LogP contribution < -0.4 is 10.1 Å². The number of aryl methyl sites for hydroxylation is 1. The van der Waals surface area contributed by atoms with Gasteiger partial charge in [-0.25, -0.2) is 0 Å². The summed E-state index contributed by atoms with van der Waals surface area (Å²) in [6.07, 6.45) is 0. The Morgan fingerprint density at radius 1 is 0.880 bits per heavy atom. The van der Waals surface area contributed by atoms with Gasteiger partial charge in [-0.05, 0) is 54.3 Å². The number of hydrogen-bond acceptors (Lipinski definition) is 2. The third-order valence-corrected chi connectivity index (χ3v) is 4.52. The number of nitrogens with one attached hydrogen (secondary N) is 1. The second-order valence-corrected chi connectivity index (χ2v) is 6.45. The molecule has 0 spiro atoms. The first-order valence-electron chi connectivity index (χ1n) is 8.69. The van der Waals surface area contributed by atoms with Crippen LogP contribution in [-0.2, 0) is 6.54 Å². The molecule has 0 aliphatic heterocycles. The van der Waals surface area contributed by atoms with Crippen molar-refractivity contribution in [2.24, 2.45) is 0 Å². The molecule has 0 fully saturated rings. The number of benzene rings is 3. The summed E-state index contributed by atoms with van der Waals surface area (Å²) in [6.45, 7) is 5.16. The zero-order valence-corrected chi connectivity index (χ0v) is 15.1. The van der Waals surface area contributed by atoms with Crippen molar-refractivity contribution in [3.63, 3.8) is 0 Å². The molecule has 3 aromatic carbocycles. The second-order valence-electron chi connectivity index (χ2n) is 6.45. The second kappa shape index (κ2) is 8.00. The van der Waals surface area contributed by atoms with Crippen molar-refractivity contribution < 1.29 is 4.74 Å². The Morgan fingerprint density at radius 2 is 1.56 bits per heavy atom. The molecule has 1 N–H and O–H groups in total. The average molecular weight is 331 g/mol. The van der Waals surface area contributed by atoms with Gasteiger partial charge in [0.15, 0.2) is 0 Å². The maximum absolute atomic E-state index is 5.33. The van der Waals surface area contributed by atoms with Gasteiger partial charge in [-0.1, -0.05) is 60.2 Å². The van der Waals surface area contributed by atoms with Crippen LogP contribution in [-0.4, -0.2) is 7.11 Å². The zero-order chi connectivity index (χ0) is 17.6. The molecule has 0 aliphatic carbocycles. The van der Waals surface area contributed by atoms with Crippen molar-refractivity contribution in [2.45, 2.75) is 26.4 Å². The van der Waals surface area contributed by atoms with Gasteiger partial charge in [0.05, 0.1) is 7.11 Å². The molecule has 2 heteroatoms. The van der Waals surface area contributed by atoms with Crippen LogP contribution in [0.3, 0.4) is 0 Å².